The molecule has 2 heterocycles. The molecule has 0 unspecified atom stereocenters. The van der Waals surface area contributed by atoms with Crippen LogP contribution in [0.1, 0.15) is 33.7 Å². The number of halogens is 1. The lowest BCUT2D eigenvalue weighted by Gasteiger charge is -2.09. The summed E-state index contributed by atoms with van der Waals surface area (Å²) in [6, 6.07) is 7.71. The number of hydrogen-bond acceptors (Lipinski definition) is 4. The Hall–Kier alpha value is -2.61. The molecule has 0 aliphatic carbocycles. The Bertz CT molecular complexity index is 944. The van der Waals surface area contributed by atoms with E-state index in [-0.39, 0.29) is 12.6 Å². The highest BCUT2D eigenvalue weighted by Crippen LogP contribution is 2.19. The van der Waals surface area contributed by atoms with Gasteiger partial charge in [-0.25, -0.2) is 4.68 Å². The van der Waals surface area contributed by atoms with E-state index in [9.17, 15) is 4.79 Å². The molecule has 3 rings (SSSR count). The minimum Gasteiger partial charge on any atom is -0.471 e. The summed E-state index contributed by atoms with van der Waals surface area (Å²) >= 11 is 3.44. The molecule has 0 saturated carbocycles. The second-order valence-corrected chi connectivity index (χ2v) is 7.57. The highest BCUT2D eigenvalue weighted by Gasteiger charge is 2.10. The first-order chi connectivity index (χ1) is 13.4. The number of ether oxygens (including phenoxy) is 1. The van der Waals surface area contributed by atoms with Crippen molar-refractivity contribution in [3.05, 3.63) is 63.6 Å². The van der Waals surface area contributed by atoms with Gasteiger partial charge in [0.2, 0.25) is 0 Å². The van der Waals surface area contributed by atoms with E-state index in [0.29, 0.717) is 12.2 Å². The highest BCUT2D eigenvalue weighted by atomic mass is 79.9. The fourth-order valence-corrected chi connectivity index (χ4v) is 3.11. The standard InChI is InChI=1S/C20H24BrN5O2/c1-14-5-6-19(15(2)11-14)28-13-26-10-7-18(24-26)20(27)22-8-4-9-25-12-17(21)16(3)23-25/h5-7,10-12H,4,8-9,13H2,1-3H3,(H,22,27). The van der Waals surface area contributed by atoms with Gasteiger partial charge in [0.1, 0.15) is 11.4 Å². The number of aromatic nitrogens is 4. The number of nitrogens with one attached hydrogen (secondary N) is 1. The zero-order valence-electron chi connectivity index (χ0n) is 16.3. The summed E-state index contributed by atoms with van der Waals surface area (Å²) in [6.45, 7) is 7.55. The summed E-state index contributed by atoms with van der Waals surface area (Å²) in [5.41, 5.74) is 3.60. The fraction of sp³-hybridized carbons (Fsp3) is 0.350. The molecule has 2 aromatic heterocycles. The smallest absolute Gasteiger partial charge is 0.271 e. The maximum atomic E-state index is 12.2. The minimum atomic E-state index is -0.192. The van der Waals surface area contributed by atoms with Crippen molar-refractivity contribution in [2.45, 2.75) is 40.5 Å². The summed E-state index contributed by atoms with van der Waals surface area (Å²) in [5.74, 6) is 0.621. The van der Waals surface area contributed by atoms with Crippen molar-refractivity contribution in [1.82, 2.24) is 24.9 Å². The quantitative estimate of drug-likeness (QED) is 0.537. The molecule has 3 aromatic rings. The van der Waals surface area contributed by atoms with Crippen LogP contribution >= 0.6 is 15.9 Å². The Kier molecular flexibility index (Phi) is 6.51. The Morgan fingerprint density at radius 3 is 2.71 bits per heavy atom. The van der Waals surface area contributed by atoms with Crippen LogP contribution in [0.4, 0.5) is 0 Å². The van der Waals surface area contributed by atoms with E-state index in [1.807, 2.05) is 43.8 Å². The van der Waals surface area contributed by atoms with Crippen LogP contribution < -0.4 is 10.1 Å². The third kappa shape index (κ3) is 5.22. The van der Waals surface area contributed by atoms with E-state index in [2.05, 4.69) is 37.5 Å². The molecule has 0 aliphatic heterocycles. The van der Waals surface area contributed by atoms with E-state index < -0.39 is 0 Å². The Balaban J connectivity index is 1.44. The van der Waals surface area contributed by atoms with Gasteiger partial charge < -0.3 is 10.1 Å². The molecule has 1 N–H and O–H groups in total. The fourth-order valence-electron chi connectivity index (χ4n) is 2.79. The lowest BCUT2D eigenvalue weighted by atomic mass is 10.1. The van der Waals surface area contributed by atoms with E-state index in [1.165, 1.54) is 5.56 Å². The van der Waals surface area contributed by atoms with Gasteiger partial charge in [0.05, 0.1) is 10.2 Å². The monoisotopic (exact) mass is 445 g/mol. The number of amides is 1. The van der Waals surface area contributed by atoms with Crippen molar-refractivity contribution in [3.8, 4) is 5.75 Å². The van der Waals surface area contributed by atoms with E-state index >= 15 is 0 Å². The third-order valence-corrected chi connectivity index (χ3v) is 5.07. The first-order valence-corrected chi connectivity index (χ1v) is 9.93. The van der Waals surface area contributed by atoms with Crippen LogP contribution in [0.15, 0.2) is 41.1 Å². The average molecular weight is 446 g/mol. The van der Waals surface area contributed by atoms with Crippen LogP contribution in [-0.2, 0) is 13.3 Å². The molecule has 1 amide bonds. The molecule has 0 atom stereocenters. The third-order valence-electron chi connectivity index (χ3n) is 4.29. The van der Waals surface area contributed by atoms with Crippen LogP contribution in [0.5, 0.6) is 5.75 Å². The summed E-state index contributed by atoms with van der Waals surface area (Å²) in [5, 5.41) is 11.5. The molecular weight excluding hydrogens is 422 g/mol. The normalized spacial score (nSPS) is 10.9. The molecule has 0 aliphatic rings. The second-order valence-electron chi connectivity index (χ2n) is 6.72. The molecule has 0 radical (unpaired) electrons. The zero-order valence-corrected chi connectivity index (χ0v) is 17.9. The van der Waals surface area contributed by atoms with Gasteiger partial charge in [-0.05, 0) is 60.8 Å². The number of nitrogens with zero attached hydrogens (tertiary/aromatic N) is 4. The van der Waals surface area contributed by atoms with Crippen molar-refractivity contribution >= 4 is 21.8 Å². The average Bonchev–Trinajstić information content (AvgIpc) is 3.25. The minimum absolute atomic E-state index is 0.192. The van der Waals surface area contributed by atoms with Crippen LogP contribution in [0.25, 0.3) is 0 Å². The summed E-state index contributed by atoms with van der Waals surface area (Å²) in [4.78, 5) is 12.2. The Labute approximate surface area is 172 Å². The lowest BCUT2D eigenvalue weighted by molar-refractivity contribution is 0.0945. The van der Waals surface area contributed by atoms with Crippen LogP contribution in [0.2, 0.25) is 0 Å². The van der Waals surface area contributed by atoms with E-state index in [0.717, 1.165) is 34.4 Å². The predicted octanol–water partition coefficient (Wildman–Crippen LogP) is 3.62. The van der Waals surface area contributed by atoms with Gasteiger partial charge in [-0.3, -0.25) is 9.48 Å². The van der Waals surface area contributed by atoms with Crippen molar-refractivity contribution in [1.29, 1.82) is 0 Å². The molecule has 1 aromatic carbocycles. The maximum absolute atomic E-state index is 12.2. The first kappa shape index (κ1) is 20.1. The topological polar surface area (TPSA) is 74.0 Å². The summed E-state index contributed by atoms with van der Waals surface area (Å²) in [7, 11) is 0. The number of carbonyl (C=O) groups is 1. The Morgan fingerprint density at radius 2 is 2.00 bits per heavy atom. The van der Waals surface area contributed by atoms with Gasteiger partial charge in [0, 0.05) is 25.5 Å². The van der Waals surface area contributed by atoms with Crippen LogP contribution in [0, 0.1) is 20.8 Å². The largest absolute Gasteiger partial charge is 0.471 e. The van der Waals surface area contributed by atoms with E-state index in [1.54, 1.807) is 16.9 Å². The van der Waals surface area contributed by atoms with Crippen LogP contribution in [-0.4, -0.2) is 32.0 Å². The van der Waals surface area contributed by atoms with Crippen molar-refractivity contribution in [3.63, 3.8) is 0 Å². The van der Waals surface area contributed by atoms with E-state index in [4.69, 9.17) is 4.74 Å². The van der Waals surface area contributed by atoms with Crippen molar-refractivity contribution < 1.29 is 9.53 Å². The zero-order chi connectivity index (χ0) is 20.1. The first-order valence-electron chi connectivity index (χ1n) is 9.13. The number of carbonyl (C=O) groups excluding carboxylic acids is 1. The molecular formula is C20H24BrN5O2. The molecule has 28 heavy (non-hydrogen) atoms. The molecule has 0 fully saturated rings. The number of rotatable bonds is 8. The number of aryl methyl sites for hydroxylation is 4. The van der Waals surface area contributed by atoms with Gasteiger partial charge in [-0.1, -0.05) is 17.7 Å². The van der Waals surface area contributed by atoms with Gasteiger partial charge in [-0.15, -0.1) is 0 Å². The Morgan fingerprint density at radius 1 is 1.18 bits per heavy atom. The maximum Gasteiger partial charge on any atom is 0.271 e. The van der Waals surface area contributed by atoms with Gasteiger partial charge >= 0.3 is 0 Å². The molecule has 148 valence electrons. The second kappa shape index (κ2) is 9.05. The molecule has 0 saturated heterocycles. The highest BCUT2D eigenvalue weighted by molar-refractivity contribution is 9.10. The number of hydrogen-bond donors (Lipinski definition) is 1. The van der Waals surface area contributed by atoms with Gasteiger partial charge in [0.25, 0.3) is 5.91 Å². The predicted molar refractivity (Wildman–Crippen MR) is 110 cm³/mol. The molecule has 0 spiro atoms. The lowest BCUT2D eigenvalue weighted by Crippen LogP contribution is -2.26. The summed E-state index contributed by atoms with van der Waals surface area (Å²) in [6.07, 6.45) is 4.47. The SMILES string of the molecule is Cc1ccc(OCn2ccc(C(=O)NCCCn3cc(Br)c(C)n3)n2)c(C)c1. The molecule has 0 bridgehead atoms. The van der Waals surface area contributed by atoms with Crippen LogP contribution in [0.3, 0.4) is 0 Å². The van der Waals surface area contributed by atoms with Crippen molar-refractivity contribution in [2.24, 2.45) is 0 Å². The molecule has 8 heteroatoms. The summed E-state index contributed by atoms with van der Waals surface area (Å²) < 4.78 is 10.3. The van der Waals surface area contributed by atoms with Gasteiger partial charge in [-0.2, -0.15) is 10.2 Å². The number of benzene rings is 1. The molecule has 7 nitrogen and oxygen atoms in total. The van der Waals surface area contributed by atoms with Crippen molar-refractivity contribution in [2.75, 3.05) is 6.54 Å². The van der Waals surface area contributed by atoms with Gasteiger partial charge in [0.15, 0.2) is 6.73 Å².